The zero-order chi connectivity index (χ0) is 27.7. The Morgan fingerprint density at radius 3 is 2.27 bits per heavy atom. The van der Waals surface area contributed by atoms with Crippen LogP contribution in [0.3, 0.4) is 0 Å². The van der Waals surface area contributed by atoms with Crippen molar-refractivity contribution in [1.29, 1.82) is 0 Å². The van der Waals surface area contributed by atoms with Gasteiger partial charge in [0.05, 0.1) is 0 Å². The van der Waals surface area contributed by atoms with E-state index in [1.165, 1.54) is 17.2 Å². The molecule has 0 bridgehead atoms. The van der Waals surface area contributed by atoms with Crippen LogP contribution in [0.1, 0.15) is 60.8 Å². The summed E-state index contributed by atoms with van der Waals surface area (Å²) in [4.78, 5) is 30.0. The molecule has 4 aromatic carbocycles. The summed E-state index contributed by atoms with van der Waals surface area (Å²) >= 11 is 0. The van der Waals surface area contributed by atoms with Gasteiger partial charge >= 0.3 is 0 Å². The van der Waals surface area contributed by atoms with Gasteiger partial charge in [-0.25, -0.2) is 0 Å². The molecule has 0 unspecified atom stereocenters. The number of carbonyl (C=O) groups is 2. The zero-order valence-corrected chi connectivity index (χ0v) is 23.5. The van der Waals surface area contributed by atoms with Gasteiger partial charge < -0.3 is 10.2 Å². The van der Waals surface area contributed by atoms with Crippen LogP contribution in [-0.4, -0.2) is 28.8 Å². The Kier molecular flexibility index (Phi) is 9.28. The largest absolute Gasteiger partial charge is 0.352 e. The number of fused-ring (bicyclic) bond motifs is 1. The monoisotopic (exact) mass is 532 g/mol. The van der Waals surface area contributed by atoms with Crippen LogP contribution in [-0.2, 0) is 29.0 Å². The first-order valence-electron chi connectivity index (χ1n) is 14.7. The van der Waals surface area contributed by atoms with Crippen molar-refractivity contribution in [3.63, 3.8) is 0 Å². The lowest BCUT2D eigenvalue weighted by atomic mass is 9.94. The molecule has 0 radical (unpaired) electrons. The molecule has 0 saturated heterocycles. The molecule has 1 aliphatic rings. The fraction of sp³-hybridized carbons (Fsp3) is 0.333. The first kappa shape index (κ1) is 27.6. The summed E-state index contributed by atoms with van der Waals surface area (Å²) in [6.45, 7) is 2.49. The van der Waals surface area contributed by atoms with Gasteiger partial charge in [-0.1, -0.05) is 116 Å². The van der Waals surface area contributed by atoms with Gasteiger partial charge in [0.15, 0.2) is 0 Å². The highest BCUT2D eigenvalue weighted by Crippen LogP contribution is 2.23. The van der Waals surface area contributed by atoms with Gasteiger partial charge in [0.2, 0.25) is 11.8 Å². The van der Waals surface area contributed by atoms with E-state index in [9.17, 15) is 9.59 Å². The van der Waals surface area contributed by atoms with Crippen molar-refractivity contribution in [2.75, 3.05) is 0 Å². The molecule has 1 atom stereocenters. The second-order valence-electron chi connectivity index (χ2n) is 11.1. The van der Waals surface area contributed by atoms with E-state index in [0.717, 1.165) is 47.9 Å². The smallest absolute Gasteiger partial charge is 0.243 e. The van der Waals surface area contributed by atoms with Gasteiger partial charge in [-0.15, -0.1) is 0 Å². The normalized spacial score (nSPS) is 14.5. The minimum atomic E-state index is -0.580. The molecule has 5 rings (SSSR count). The summed E-state index contributed by atoms with van der Waals surface area (Å²) in [7, 11) is 0. The van der Waals surface area contributed by atoms with Crippen LogP contribution in [0.2, 0.25) is 0 Å². The predicted molar refractivity (Wildman–Crippen MR) is 163 cm³/mol. The van der Waals surface area contributed by atoms with E-state index in [1.807, 2.05) is 59.5 Å². The molecule has 1 aliphatic carbocycles. The highest BCUT2D eigenvalue weighted by molar-refractivity contribution is 5.89. The fourth-order valence-corrected chi connectivity index (χ4v) is 5.96. The third-order valence-electron chi connectivity index (χ3n) is 8.31. The number of nitrogens with one attached hydrogen (secondary N) is 1. The van der Waals surface area contributed by atoms with Crippen LogP contribution >= 0.6 is 0 Å². The molecular formula is C36H40N2O2. The van der Waals surface area contributed by atoms with Gasteiger partial charge in [0.1, 0.15) is 6.04 Å². The summed E-state index contributed by atoms with van der Waals surface area (Å²) in [6, 6.07) is 32.4. The molecule has 1 fully saturated rings. The van der Waals surface area contributed by atoms with Crippen molar-refractivity contribution in [2.45, 2.75) is 76.9 Å². The van der Waals surface area contributed by atoms with Crippen molar-refractivity contribution < 1.29 is 9.59 Å². The van der Waals surface area contributed by atoms with Crippen molar-refractivity contribution in [3.05, 3.63) is 119 Å². The molecule has 1 N–H and O–H groups in total. The van der Waals surface area contributed by atoms with E-state index in [-0.39, 0.29) is 17.9 Å². The highest BCUT2D eigenvalue weighted by Gasteiger charge is 2.32. The fourth-order valence-electron chi connectivity index (χ4n) is 5.96. The number of rotatable bonds is 10. The molecule has 1 saturated carbocycles. The number of aryl methyl sites for hydroxylation is 2. The number of hydrogen-bond acceptors (Lipinski definition) is 2. The van der Waals surface area contributed by atoms with Crippen molar-refractivity contribution in [3.8, 4) is 0 Å². The lowest BCUT2D eigenvalue weighted by molar-refractivity contribution is -0.141. The van der Waals surface area contributed by atoms with Crippen molar-refractivity contribution in [1.82, 2.24) is 10.2 Å². The Morgan fingerprint density at radius 1 is 0.800 bits per heavy atom. The van der Waals surface area contributed by atoms with Crippen LogP contribution in [0.4, 0.5) is 0 Å². The van der Waals surface area contributed by atoms with Crippen LogP contribution in [0.25, 0.3) is 10.8 Å². The summed E-state index contributed by atoms with van der Waals surface area (Å²) in [5, 5.41) is 5.70. The Morgan fingerprint density at radius 2 is 1.48 bits per heavy atom. The number of nitrogens with zero attached hydrogens (tertiary/aromatic N) is 1. The Bertz CT molecular complexity index is 1420. The summed E-state index contributed by atoms with van der Waals surface area (Å²) in [6.07, 6.45) is 7.01. The molecule has 4 nitrogen and oxygen atoms in total. The maximum Gasteiger partial charge on any atom is 0.243 e. The molecule has 4 heteroatoms. The molecule has 2 amide bonds. The van der Waals surface area contributed by atoms with Gasteiger partial charge in [-0.2, -0.15) is 0 Å². The molecule has 0 heterocycles. The van der Waals surface area contributed by atoms with E-state index in [4.69, 9.17) is 0 Å². The quantitative estimate of drug-likeness (QED) is 0.235. The van der Waals surface area contributed by atoms with Crippen molar-refractivity contribution in [2.24, 2.45) is 0 Å². The van der Waals surface area contributed by atoms with Gasteiger partial charge in [0, 0.05) is 25.4 Å². The first-order chi connectivity index (χ1) is 19.6. The van der Waals surface area contributed by atoms with E-state index in [2.05, 4.69) is 54.7 Å². The van der Waals surface area contributed by atoms with E-state index >= 15 is 0 Å². The number of hydrogen-bond donors (Lipinski definition) is 1. The van der Waals surface area contributed by atoms with E-state index in [1.54, 1.807) is 0 Å². The lowest BCUT2D eigenvalue weighted by Crippen LogP contribution is -2.53. The SMILES string of the molecule is Cc1ccccc1CN(C(=O)CCc1cccc2ccccc12)[C@@H](Cc1ccccc1)C(=O)NC1CCCCC1. The van der Waals surface area contributed by atoms with Crippen LogP contribution in [0.5, 0.6) is 0 Å². The summed E-state index contributed by atoms with van der Waals surface area (Å²) in [5.41, 5.74) is 4.42. The molecule has 4 aromatic rings. The van der Waals surface area contributed by atoms with Crippen molar-refractivity contribution >= 4 is 22.6 Å². The maximum atomic E-state index is 14.1. The second kappa shape index (κ2) is 13.4. The average Bonchev–Trinajstić information content (AvgIpc) is 2.99. The number of benzene rings is 4. The van der Waals surface area contributed by atoms with Gasteiger partial charge in [0.25, 0.3) is 0 Å². The average molecular weight is 533 g/mol. The van der Waals surface area contributed by atoms with Crippen LogP contribution < -0.4 is 5.32 Å². The standard InChI is InChI=1S/C36H40N2O2/c1-27-13-8-9-17-31(27)26-38(35(39)24-23-30-19-12-18-29-16-10-11-22-33(29)30)34(25-28-14-4-2-5-15-28)36(40)37-32-20-6-3-7-21-32/h2,4-5,8-19,22,32,34H,3,6-7,20-21,23-26H2,1H3,(H,37,40)/t34-/m0/s1. The third kappa shape index (κ3) is 6.98. The number of carbonyl (C=O) groups excluding carboxylic acids is 2. The number of amides is 2. The van der Waals surface area contributed by atoms with E-state index < -0.39 is 6.04 Å². The zero-order valence-electron chi connectivity index (χ0n) is 23.5. The first-order valence-corrected chi connectivity index (χ1v) is 14.7. The molecular weight excluding hydrogens is 492 g/mol. The molecule has 0 aromatic heterocycles. The highest BCUT2D eigenvalue weighted by atomic mass is 16.2. The van der Waals surface area contributed by atoms with Crippen LogP contribution in [0, 0.1) is 6.92 Å². The van der Waals surface area contributed by atoms with E-state index in [0.29, 0.717) is 25.8 Å². The summed E-state index contributed by atoms with van der Waals surface area (Å²) < 4.78 is 0. The molecule has 0 spiro atoms. The third-order valence-corrected chi connectivity index (χ3v) is 8.31. The molecule has 0 aliphatic heterocycles. The van der Waals surface area contributed by atoms with Gasteiger partial charge in [-0.05, 0) is 59.2 Å². The molecule has 206 valence electrons. The maximum absolute atomic E-state index is 14.1. The van der Waals surface area contributed by atoms with Crippen LogP contribution in [0.15, 0.2) is 97.1 Å². The molecule has 40 heavy (non-hydrogen) atoms. The lowest BCUT2D eigenvalue weighted by Gasteiger charge is -2.34. The second-order valence-corrected chi connectivity index (χ2v) is 11.1. The Balaban J connectivity index is 1.44. The predicted octanol–water partition coefficient (Wildman–Crippen LogP) is 7.17. The summed E-state index contributed by atoms with van der Waals surface area (Å²) in [5.74, 6) is -0.0289. The Hall–Kier alpha value is -3.92. The Labute approximate surface area is 238 Å². The minimum Gasteiger partial charge on any atom is -0.352 e. The topological polar surface area (TPSA) is 49.4 Å². The minimum absolute atomic E-state index is 0.0101. The van der Waals surface area contributed by atoms with Gasteiger partial charge in [-0.3, -0.25) is 9.59 Å².